The van der Waals surface area contributed by atoms with Crippen LogP contribution in [0.4, 0.5) is 22.0 Å². The van der Waals surface area contributed by atoms with E-state index in [9.17, 15) is 4.79 Å². The zero-order valence-corrected chi connectivity index (χ0v) is 22.5. The molecule has 0 atom stereocenters. The van der Waals surface area contributed by atoms with E-state index in [2.05, 4.69) is 25.9 Å². The van der Waals surface area contributed by atoms with Crippen molar-refractivity contribution in [1.82, 2.24) is 19.4 Å². The highest BCUT2D eigenvalue weighted by atomic mass is 35.5. The molecule has 1 aliphatic heterocycles. The highest BCUT2D eigenvalue weighted by Crippen LogP contribution is 2.29. The molecule has 0 aliphatic carbocycles. The molecule has 1 saturated heterocycles. The quantitative estimate of drug-likeness (QED) is 0.213. The molecule has 0 unspecified atom stereocenters. The van der Waals surface area contributed by atoms with E-state index in [1.165, 1.54) is 0 Å². The van der Waals surface area contributed by atoms with E-state index in [0.29, 0.717) is 59.1 Å². The smallest absolute Gasteiger partial charge is 0.323 e. The van der Waals surface area contributed by atoms with Gasteiger partial charge in [-0.15, -0.1) is 0 Å². The van der Waals surface area contributed by atoms with Crippen molar-refractivity contribution in [2.24, 2.45) is 0 Å². The fourth-order valence-corrected chi connectivity index (χ4v) is 4.48. The van der Waals surface area contributed by atoms with Gasteiger partial charge in [-0.2, -0.15) is 0 Å². The van der Waals surface area contributed by atoms with Gasteiger partial charge in [0.15, 0.2) is 17.8 Å². The molecule has 12 heteroatoms. The van der Waals surface area contributed by atoms with Crippen molar-refractivity contribution in [3.05, 3.63) is 96.2 Å². The molecule has 11 nitrogen and oxygen atoms in total. The minimum absolute atomic E-state index is 0.188. The third kappa shape index (κ3) is 6.55. The molecule has 41 heavy (non-hydrogen) atoms. The van der Waals surface area contributed by atoms with Crippen LogP contribution in [0.2, 0.25) is 5.02 Å². The number of rotatable bonds is 9. The predicted molar refractivity (Wildman–Crippen MR) is 155 cm³/mol. The summed E-state index contributed by atoms with van der Waals surface area (Å²) in [6, 6.07) is 15.8. The van der Waals surface area contributed by atoms with Crippen LogP contribution in [-0.2, 0) is 16.0 Å². The molecule has 0 radical (unpaired) electrons. The minimum atomic E-state index is -0.458. The molecule has 1 fully saturated rings. The number of amides is 2. The van der Waals surface area contributed by atoms with Gasteiger partial charge < -0.3 is 34.6 Å². The molecule has 0 saturated carbocycles. The first-order chi connectivity index (χ1) is 20.1. The SMILES string of the molecule is O=C(Nc1cccc(-c2cn3ccnc3c(NCc3ccncc3)n2)c1)Nc1cc(Cl)ccc1OCC1OCCO1. The summed E-state index contributed by atoms with van der Waals surface area (Å²) >= 11 is 6.18. The molecule has 3 N–H and O–H groups in total. The van der Waals surface area contributed by atoms with Crippen LogP contribution in [-0.4, -0.2) is 51.5 Å². The van der Waals surface area contributed by atoms with Crippen molar-refractivity contribution in [3.63, 3.8) is 0 Å². The van der Waals surface area contributed by atoms with Crippen molar-refractivity contribution in [3.8, 4) is 17.0 Å². The summed E-state index contributed by atoms with van der Waals surface area (Å²) in [6.45, 7) is 1.81. The number of anilines is 3. The zero-order valence-electron chi connectivity index (χ0n) is 21.8. The summed E-state index contributed by atoms with van der Waals surface area (Å²) in [5.41, 5.74) is 4.30. The Morgan fingerprint density at radius 2 is 1.90 bits per heavy atom. The van der Waals surface area contributed by atoms with Crippen LogP contribution in [0.25, 0.3) is 16.9 Å². The van der Waals surface area contributed by atoms with E-state index in [-0.39, 0.29) is 6.61 Å². The maximum absolute atomic E-state index is 13.0. The fraction of sp³-hybridized carbons (Fsp3) is 0.172. The van der Waals surface area contributed by atoms with Crippen LogP contribution in [0.3, 0.4) is 0 Å². The highest BCUT2D eigenvalue weighted by Gasteiger charge is 2.18. The lowest BCUT2D eigenvalue weighted by atomic mass is 10.1. The average Bonchev–Trinajstić information content (AvgIpc) is 3.69. The van der Waals surface area contributed by atoms with Gasteiger partial charge in [0.2, 0.25) is 0 Å². The first-order valence-electron chi connectivity index (χ1n) is 12.9. The Hall–Kier alpha value is -4.71. The Morgan fingerprint density at radius 1 is 1.05 bits per heavy atom. The molecule has 208 valence electrons. The van der Waals surface area contributed by atoms with Gasteiger partial charge >= 0.3 is 6.03 Å². The Labute approximate surface area is 240 Å². The van der Waals surface area contributed by atoms with Crippen LogP contribution in [0, 0.1) is 0 Å². The number of carbonyl (C=O) groups excluding carboxylic acids is 1. The highest BCUT2D eigenvalue weighted by molar-refractivity contribution is 6.31. The maximum atomic E-state index is 13.0. The number of carbonyl (C=O) groups is 1. The van der Waals surface area contributed by atoms with Gasteiger partial charge in [0, 0.05) is 53.8 Å². The molecular formula is C29H26ClN7O4. The van der Waals surface area contributed by atoms with Gasteiger partial charge in [0.1, 0.15) is 12.4 Å². The van der Waals surface area contributed by atoms with Gasteiger partial charge in [-0.3, -0.25) is 4.98 Å². The number of hydrogen-bond acceptors (Lipinski definition) is 8. The molecule has 1 aliphatic rings. The van der Waals surface area contributed by atoms with Gasteiger partial charge in [-0.05, 0) is 48.0 Å². The molecule has 4 heterocycles. The minimum Gasteiger partial charge on any atom is -0.486 e. The summed E-state index contributed by atoms with van der Waals surface area (Å²) in [5.74, 6) is 1.09. The van der Waals surface area contributed by atoms with Crippen LogP contribution in [0.5, 0.6) is 5.75 Å². The predicted octanol–water partition coefficient (Wildman–Crippen LogP) is 5.45. The van der Waals surface area contributed by atoms with Gasteiger partial charge in [0.25, 0.3) is 0 Å². The second-order valence-corrected chi connectivity index (χ2v) is 9.56. The standard InChI is InChI=1S/C29H26ClN7O4/c30-21-4-5-25(41-18-26-39-12-13-40-26)23(15-21)36-29(38)34-22-3-1-2-20(14-22)24-17-37-11-10-32-28(37)27(35-24)33-16-19-6-8-31-9-7-19/h1-11,14-15,17,26H,12-13,16,18H2,(H,33,35)(H2,34,36,38). The first-order valence-corrected chi connectivity index (χ1v) is 13.3. The Bertz CT molecular complexity index is 1660. The van der Waals surface area contributed by atoms with Crippen LogP contribution < -0.4 is 20.7 Å². The van der Waals surface area contributed by atoms with E-state index in [4.69, 9.17) is 30.8 Å². The molecule has 3 aromatic heterocycles. The van der Waals surface area contributed by atoms with Crippen LogP contribution in [0.1, 0.15) is 5.56 Å². The molecule has 5 aromatic rings. The number of imidazole rings is 1. The number of pyridine rings is 1. The summed E-state index contributed by atoms with van der Waals surface area (Å²) < 4.78 is 18.6. The van der Waals surface area contributed by atoms with Crippen molar-refractivity contribution in [1.29, 1.82) is 0 Å². The third-order valence-electron chi connectivity index (χ3n) is 6.26. The Kier molecular flexibility index (Phi) is 7.90. The van der Waals surface area contributed by atoms with Gasteiger partial charge in [0.05, 0.1) is 24.6 Å². The number of aromatic nitrogens is 4. The molecule has 6 rings (SSSR count). The second kappa shape index (κ2) is 12.2. The lowest BCUT2D eigenvalue weighted by molar-refractivity contribution is -0.0682. The molecular weight excluding hydrogens is 546 g/mol. The number of ether oxygens (including phenoxy) is 3. The Morgan fingerprint density at radius 3 is 2.76 bits per heavy atom. The van der Waals surface area contributed by atoms with Crippen molar-refractivity contribution < 1.29 is 19.0 Å². The fourth-order valence-electron chi connectivity index (χ4n) is 4.30. The van der Waals surface area contributed by atoms with Gasteiger partial charge in [-0.1, -0.05) is 23.7 Å². The normalized spacial score (nSPS) is 13.3. The molecule has 0 bridgehead atoms. The second-order valence-electron chi connectivity index (χ2n) is 9.12. The molecule has 2 aromatic carbocycles. The summed E-state index contributed by atoms with van der Waals surface area (Å²) in [4.78, 5) is 26.3. The topological polar surface area (TPSA) is 124 Å². The summed E-state index contributed by atoms with van der Waals surface area (Å²) in [6.07, 6.45) is 8.54. The van der Waals surface area contributed by atoms with Crippen molar-refractivity contribution >= 4 is 40.5 Å². The third-order valence-corrected chi connectivity index (χ3v) is 6.49. The first kappa shape index (κ1) is 26.5. The number of fused-ring (bicyclic) bond motifs is 1. The Balaban J connectivity index is 1.17. The summed E-state index contributed by atoms with van der Waals surface area (Å²) in [5, 5.41) is 9.51. The maximum Gasteiger partial charge on any atom is 0.323 e. The van der Waals surface area contributed by atoms with E-state index in [1.54, 1.807) is 42.9 Å². The van der Waals surface area contributed by atoms with E-state index < -0.39 is 12.3 Å². The van der Waals surface area contributed by atoms with Crippen LogP contribution in [0.15, 0.2) is 85.6 Å². The van der Waals surface area contributed by atoms with E-state index >= 15 is 0 Å². The van der Waals surface area contributed by atoms with E-state index in [0.717, 1.165) is 11.1 Å². The molecule has 2 amide bonds. The lowest BCUT2D eigenvalue weighted by Crippen LogP contribution is -2.22. The summed E-state index contributed by atoms with van der Waals surface area (Å²) in [7, 11) is 0. The zero-order chi connectivity index (χ0) is 28.0. The number of nitrogens with zero attached hydrogens (tertiary/aromatic N) is 4. The van der Waals surface area contributed by atoms with Crippen molar-refractivity contribution in [2.75, 3.05) is 35.8 Å². The number of nitrogens with one attached hydrogen (secondary N) is 3. The van der Waals surface area contributed by atoms with Crippen LogP contribution >= 0.6 is 11.6 Å². The largest absolute Gasteiger partial charge is 0.486 e. The number of hydrogen-bond donors (Lipinski definition) is 3. The van der Waals surface area contributed by atoms with E-state index in [1.807, 2.05) is 47.1 Å². The van der Waals surface area contributed by atoms with Crippen molar-refractivity contribution in [2.45, 2.75) is 12.8 Å². The monoisotopic (exact) mass is 571 g/mol. The molecule has 0 spiro atoms. The van der Waals surface area contributed by atoms with Gasteiger partial charge in [-0.25, -0.2) is 14.8 Å². The number of benzene rings is 2. The number of halogens is 1. The number of urea groups is 1. The average molecular weight is 572 g/mol. The lowest BCUT2D eigenvalue weighted by Gasteiger charge is -2.16.